The second kappa shape index (κ2) is 4.04. The Balaban J connectivity index is 2.01. The van der Waals surface area contributed by atoms with Crippen molar-refractivity contribution in [1.29, 1.82) is 0 Å². The molecular formula is C13H14N2OS. The van der Waals surface area contributed by atoms with Crippen molar-refractivity contribution < 1.29 is 4.79 Å². The van der Waals surface area contributed by atoms with Crippen molar-refractivity contribution in [3.63, 3.8) is 0 Å². The molecule has 0 bridgehead atoms. The Labute approximate surface area is 104 Å². The Bertz CT molecular complexity index is 538. The number of carbonyl (C=O) groups is 1. The molecule has 88 valence electrons. The smallest absolute Gasteiger partial charge is 0.250 e. The van der Waals surface area contributed by atoms with Crippen LogP contribution in [0.1, 0.15) is 23.2 Å². The first-order valence-corrected chi connectivity index (χ1v) is 6.66. The molecule has 1 fully saturated rings. The number of amides is 1. The zero-order valence-electron chi connectivity index (χ0n) is 9.43. The van der Waals surface area contributed by atoms with Crippen molar-refractivity contribution in [2.24, 2.45) is 11.7 Å². The van der Waals surface area contributed by atoms with Crippen LogP contribution < -0.4 is 5.73 Å². The van der Waals surface area contributed by atoms with E-state index in [0.29, 0.717) is 5.56 Å². The second-order valence-electron chi connectivity index (χ2n) is 4.55. The van der Waals surface area contributed by atoms with Crippen molar-refractivity contribution in [1.82, 2.24) is 4.57 Å². The van der Waals surface area contributed by atoms with Crippen LogP contribution in [0.25, 0.3) is 10.6 Å². The standard InChI is InChI=1S/C13H14N2OS/c14-13(16)10-6-11(12-2-1-5-17-12)15(8-10)7-9-3-4-9/h1-2,5-6,8-9H,3-4,7H2,(H2,14,16). The first kappa shape index (κ1) is 10.6. The van der Waals surface area contributed by atoms with Crippen LogP contribution >= 0.6 is 11.3 Å². The summed E-state index contributed by atoms with van der Waals surface area (Å²) < 4.78 is 2.17. The van der Waals surface area contributed by atoms with Gasteiger partial charge in [-0.1, -0.05) is 6.07 Å². The molecule has 4 heteroatoms. The van der Waals surface area contributed by atoms with Crippen molar-refractivity contribution in [2.45, 2.75) is 19.4 Å². The Kier molecular flexibility index (Phi) is 2.52. The Hall–Kier alpha value is -1.55. The number of rotatable bonds is 4. The van der Waals surface area contributed by atoms with Crippen LogP contribution in [0, 0.1) is 5.92 Å². The maximum atomic E-state index is 11.2. The molecule has 3 nitrogen and oxygen atoms in total. The summed E-state index contributed by atoms with van der Waals surface area (Å²) in [5.41, 5.74) is 7.06. The lowest BCUT2D eigenvalue weighted by Gasteiger charge is -2.05. The minimum absolute atomic E-state index is 0.350. The maximum absolute atomic E-state index is 11.2. The minimum atomic E-state index is -0.350. The van der Waals surface area contributed by atoms with Crippen LogP contribution in [-0.4, -0.2) is 10.5 Å². The monoisotopic (exact) mass is 246 g/mol. The number of nitrogens with zero attached hydrogens (tertiary/aromatic N) is 1. The zero-order valence-corrected chi connectivity index (χ0v) is 10.2. The van der Waals surface area contributed by atoms with Gasteiger partial charge >= 0.3 is 0 Å². The van der Waals surface area contributed by atoms with Crippen LogP contribution in [0.3, 0.4) is 0 Å². The van der Waals surface area contributed by atoms with Gasteiger partial charge in [0.15, 0.2) is 0 Å². The third-order valence-electron chi connectivity index (χ3n) is 3.11. The summed E-state index contributed by atoms with van der Waals surface area (Å²) in [4.78, 5) is 12.4. The van der Waals surface area contributed by atoms with Gasteiger partial charge in [-0.15, -0.1) is 11.3 Å². The number of aromatic nitrogens is 1. The van der Waals surface area contributed by atoms with E-state index in [1.54, 1.807) is 11.3 Å². The Morgan fingerprint density at radius 1 is 1.53 bits per heavy atom. The van der Waals surface area contributed by atoms with Gasteiger partial charge in [-0.3, -0.25) is 4.79 Å². The van der Waals surface area contributed by atoms with E-state index in [1.807, 2.05) is 23.7 Å². The fourth-order valence-corrected chi connectivity index (χ4v) is 2.76. The van der Waals surface area contributed by atoms with Gasteiger partial charge in [0.2, 0.25) is 5.91 Å². The fourth-order valence-electron chi connectivity index (χ4n) is 2.01. The number of primary amides is 1. The quantitative estimate of drug-likeness (QED) is 0.886. The number of carbonyl (C=O) groups excluding carboxylic acids is 1. The van der Waals surface area contributed by atoms with Gasteiger partial charge in [-0.2, -0.15) is 0 Å². The Morgan fingerprint density at radius 3 is 2.94 bits per heavy atom. The first-order chi connectivity index (χ1) is 8.24. The van der Waals surface area contributed by atoms with Gasteiger partial charge in [-0.05, 0) is 36.3 Å². The molecule has 1 aliphatic carbocycles. The molecule has 0 atom stereocenters. The van der Waals surface area contributed by atoms with E-state index in [1.165, 1.54) is 17.7 Å². The molecule has 2 N–H and O–H groups in total. The molecule has 2 aromatic rings. The summed E-state index contributed by atoms with van der Waals surface area (Å²) in [6, 6.07) is 6.00. The maximum Gasteiger partial charge on any atom is 0.250 e. The predicted molar refractivity (Wildman–Crippen MR) is 69.0 cm³/mol. The lowest BCUT2D eigenvalue weighted by atomic mass is 10.3. The van der Waals surface area contributed by atoms with Gasteiger partial charge in [-0.25, -0.2) is 0 Å². The van der Waals surface area contributed by atoms with Crippen LogP contribution in [0.4, 0.5) is 0 Å². The SMILES string of the molecule is NC(=O)c1cc(-c2cccs2)n(CC2CC2)c1. The molecule has 1 saturated carbocycles. The molecule has 0 aliphatic heterocycles. The van der Waals surface area contributed by atoms with E-state index in [9.17, 15) is 4.79 Å². The lowest BCUT2D eigenvalue weighted by molar-refractivity contribution is 0.1000. The average Bonchev–Trinajstić information content (AvgIpc) is 2.81. The van der Waals surface area contributed by atoms with E-state index in [-0.39, 0.29) is 5.91 Å². The minimum Gasteiger partial charge on any atom is -0.366 e. The molecule has 0 unspecified atom stereocenters. The number of hydrogen-bond donors (Lipinski definition) is 1. The van der Waals surface area contributed by atoms with E-state index in [0.717, 1.165) is 18.2 Å². The molecular weight excluding hydrogens is 232 g/mol. The van der Waals surface area contributed by atoms with Gasteiger partial charge < -0.3 is 10.3 Å². The van der Waals surface area contributed by atoms with Crippen LogP contribution in [0.15, 0.2) is 29.8 Å². The van der Waals surface area contributed by atoms with E-state index < -0.39 is 0 Å². The molecule has 2 aromatic heterocycles. The summed E-state index contributed by atoms with van der Waals surface area (Å²) in [6.07, 6.45) is 4.48. The van der Waals surface area contributed by atoms with E-state index in [4.69, 9.17) is 5.73 Å². The molecule has 0 saturated heterocycles. The molecule has 1 amide bonds. The highest BCUT2D eigenvalue weighted by Crippen LogP contribution is 2.34. The summed E-state index contributed by atoms with van der Waals surface area (Å²) in [5, 5.41) is 2.05. The molecule has 17 heavy (non-hydrogen) atoms. The van der Waals surface area contributed by atoms with Crippen LogP contribution in [0.5, 0.6) is 0 Å². The lowest BCUT2D eigenvalue weighted by Crippen LogP contribution is -2.09. The molecule has 0 spiro atoms. The third-order valence-corrected chi connectivity index (χ3v) is 4.00. The Morgan fingerprint density at radius 2 is 2.35 bits per heavy atom. The summed E-state index contributed by atoms with van der Waals surface area (Å²) in [6.45, 7) is 1.00. The van der Waals surface area contributed by atoms with Gasteiger partial charge in [0, 0.05) is 12.7 Å². The average molecular weight is 246 g/mol. The summed E-state index contributed by atoms with van der Waals surface area (Å²) in [7, 11) is 0. The van der Waals surface area contributed by atoms with E-state index in [2.05, 4.69) is 10.6 Å². The second-order valence-corrected chi connectivity index (χ2v) is 5.50. The molecule has 0 radical (unpaired) electrons. The normalized spacial score (nSPS) is 15.1. The summed E-state index contributed by atoms with van der Waals surface area (Å²) >= 11 is 1.69. The third kappa shape index (κ3) is 2.13. The summed E-state index contributed by atoms with van der Waals surface area (Å²) in [5.74, 6) is 0.430. The topological polar surface area (TPSA) is 48.0 Å². The van der Waals surface area contributed by atoms with Crippen molar-refractivity contribution in [3.05, 3.63) is 35.3 Å². The number of hydrogen-bond acceptors (Lipinski definition) is 2. The largest absolute Gasteiger partial charge is 0.366 e. The molecule has 0 aromatic carbocycles. The fraction of sp³-hybridized carbons (Fsp3) is 0.308. The first-order valence-electron chi connectivity index (χ1n) is 5.78. The van der Waals surface area contributed by atoms with Gasteiger partial charge in [0.05, 0.1) is 16.1 Å². The highest BCUT2D eigenvalue weighted by atomic mass is 32.1. The highest BCUT2D eigenvalue weighted by Gasteiger charge is 2.23. The number of nitrogens with two attached hydrogens (primary N) is 1. The van der Waals surface area contributed by atoms with Crippen LogP contribution in [0.2, 0.25) is 0 Å². The van der Waals surface area contributed by atoms with Gasteiger partial charge in [0.25, 0.3) is 0 Å². The molecule has 3 rings (SSSR count). The predicted octanol–water partition coefficient (Wildman–Crippen LogP) is 2.73. The zero-order chi connectivity index (χ0) is 11.8. The van der Waals surface area contributed by atoms with Gasteiger partial charge in [0.1, 0.15) is 0 Å². The molecule has 1 aliphatic rings. The van der Waals surface area contributed by atoms with E-state index >= 15 is 0 Å². The number of thiophene rings is 1. The van der Waals surface area contributed by atoms with Crippen molar-refractivity contribution in [2.75, 3.05) is 0 Å². The molecule has 2 heterocycles. The van der Waals surface area contributed by atoms with Crippen molar-refractivity contribution >= 4 is 17.2 Å². The van der Waals surface area contributed by atoms with Crippen molar-refractivity contribution in [3.8, 4) is 10.6 Å². The highest BCUT2D eigenvalue weighted by molar-refractivity contribution is 7.13. The van der Waals surface area contributed by atoms with Crippen LogP contribution in [-0.2, 0) is 6.54 Å².